The van der Waals surface area contributed by atoms with Crippen molar-refractivity contribution in [2.75, 3.05) is 14.1 Å². The summed E-state index contributed by atoms with van der Waals surface area (Å²) in [5, 5.41) is 5.88. The lowest BCUT2D eigenvalue weighted by Gasteiger charge is -2.08. The summed E-state index contributed by atoms with van der Waals surface area (Å²) in [5.41, 5.74) is 1.48. The summed E-state index contributed by atoms with van der Waals surface area (Å²) >= 11 is 0. The molecular weight excluding hydrogens is 255 g/mol. The highest BCUT2D eigenvalue weighted by atomic mass is 19.1. The number of hydrogen-bond acceptors (Lipinski definition) is 3. The lowest BCUT2D eigenvalue weighted by molar-refractivity contribution is 0.300. The molecule has 4 heteroatoms. The fraction of sp³-hybridized carbons (Fsp3) is 0.188. The molecule has 20 heavy (non-hydrogen) atoms. The largest absolute Gasteiger partial charge is 0.489 e. The van der Waals surface area contributed by atoms with Crippen LogP contribution >= 0.6 is 0 Å². The summed E-state index contributed by atoms with van der Waals surface area (Å²) in [7, 11) is 3.71. The summed E-state index contributed by atoms with van der Waals surface area (Å²) in [6, 6.07) is 14.1. The Morgan fingerprint density at radius 1 is 1.15 bits per heavy atom. The number of hydrazone groups is 1. The van der Waals surface area contributed by atoms with Crippen molar-refractivity contribution in [2.24, 2.45) is 5.10 Å². The van der Waals surface area contributed by atoms with E-state index in [1.165, 1.54) is 6.07 Å². The third-order valence-electron chi connectivity index (χ3n) is 2.65. The highest BCUT2D eigenvalue weighted by Crippen LogP contribution is 2.15. The van der Waals surface area contributed by atoms with Crippen LogP contribution in [0.25, 0.3) is 0 Å². The molecule has 0 radical (unpaired) electrons. The van der Waals surface area contributed by atoms with E-state index >= 15 is 0 Å². The third kappa shape index (κ3) is 4.09. The Kier molecular flexibility index (Phi) is 4.71. The number of halogens is 1. The van der Waals surface area contributed by atoms with Crippen molar-refractivity contribution < 1.29 is 9.13 Å². The van der Waals surface area contributed by atoms with Gasteiger partial charge in [-0.25, -0.2) is 4.39 Å². The first-order chi connectivity index (χ1) is 9.65. The lowest BCUT2D eigenvalue weighted by Crippen LogP contribution is -2.02. The van der Waals surface area contributed by atoms with Crippen molar-refractivity contribution in [3.05, 3.63) is 65.5 Å². The quantitative estimate of drug-likeness (QED) is 0.616. The van der Waals surface area contributed by atoms with Crippen LogP contribution in [0.4, 0.5) is 4.39 Å². The van der Waals surface area contributed by atoms with Crippen LogP contribution in [0.1, 0.15) is 11.1 Å². The minimum atomic E-state index is -0.252. The maximum Gasteiger partial charge on any atom is 0.129 e. The molecule has 0 aliphatic heterocycles. The molecular formula is C16H17FN2O. The molecule has 0 aliphatic carbocycles. The molecule has 0 saturated carbocycles. The Balaban J connectivity index is 2.03. The zero-order valence-electron chi connectivity index (χ0n) is 11.6. The molecule has 0 atom stereocenters. The van der Waals surface area contributed by atoms with Gasteiger partial charge in [0.05, 0.1) is 6.21 Å². The zero-order valence-corrected chi connectivity index (χ0v) is 11.6. The minimum absolute atomic E-state index is 0.209. The zero-order chi connectivity index (χ0) is 14.4. The first kappa shape index (κ1) is 14.1. The molecule has 0 fully saturated rings. The standard InChI is InChI=1S/C16H17FN2O/c1-19(2)18-11-13-6-5-8-15(10-13)20-12-14-7-3-4-9-16(14)17/h3-11H,12H2,1-2H3/b18-11+. The van der Waals surface area contributed by atoms with Crippen LogP contribution in [0.15, 0.2) is 53.6 Å². The summed E-state index contributed by atoms with van der Waals surface area (Å²) < 4.78 is 19.1. The first-order valence-corrected chi connectivity index (χ1v) is 6.33. The topological polar surface area (TPSA) is 24.8 Å². The Morgan fingerprint density at radius 3 is 2.70 bits per heavy atom. The molecule has 0 spiro atoms. The monoisotopic (exact) mass is 272 g/mol. The van der Waals surface area contributed by atoms with Crippen LogP contribution in [-0.2, 0) is 6.61 Å². The second kappa shape index (κ2) is 6.70. The van der Waals surface area contributed by atoms with E-state index in [-0.39, 0.29) is 12.4 Å². The van der Waals surface area contributed by atoms with Gasteiger partial charge in [0.25, 0.3) is 0 Å². The summed E-state index contributed by atoms with van der Waals surface area (Å²) in [4.78, 5) is 0. The normalized spacial score (nSPS) is 10.8. The molecule has 2 aromatic rings. The molecule has 0 unspecified atom stereocenters. The molecule has 0 aromatic heterocycles. The van der Waals surface area contributed by atoms with E-state index < -0.39 is 0 Å². The molecule has 0 aliphatic rings. The van der Waals surface area contributed by atoms with Crippen LogP contribution in [0.3, 0.4) is 0 Å². The maximum atomic E-state index is 13.5. The number of nitrogens with zero attached hydrogens (tertiary/aromatic N) is 2. The van der Waals surface area contributed by atoms with Crippen LogP contribution in [-0.4, -0.2) is 25.3 Å². The second-order valence-corrected chi connectivity index (χ2v) is 4.54. The highest BCUT2D eigenvalue weighted by molar-refractivity contribution is 5.79. The van der Waals surface area contributed by atoms with Crippen molar-refractivity contribution in [2.45, 2.75) is 6.61 Å². The van der Waals surface area contributed by atoms with Gasteiger partial charge in [-0.3, -0.25) is 0 Å². The van der Waals surface area contributed by atoms with E-state index in [1.54, 1.807) is 29.4 Å². The van der Waals surface area contributed by atoms with Crippen molar-refractivity contribution in [3.63, 3.8) is 0 Å². The smallest absolute Gasteiger partial charge is 0.129 e. The van der Waals surface area contributed by atoms with Crippen LogP contribution in [0.2, 0.25) is 0 Å². The lowest BCUT2D eigenvalue weighted by atomic mass is 10.2. The van der Waals surface area contributed by atoms with Gasteiger partial charge in [-0.05, 0) is 23.8 Å². The van der Waals surface area contributed by atoms with E-state index in [4.69, 9.17) is 4.74 Å². The molecule has 0 N–H and O–H groups in total. The highest BCUT2D eigenvalue weighted by Gasteiger charge is 2.02. The second-order valence-electron chi connectivity index (χ2n) is 4.54. The van der Waals surface area contributed by atoms with Crippen LogP contribution in [0.5, 0.6) is 5.75 Å². The summed E-state index contributed by atoms with van der Waals surface area (Å²) in [6.45, 7) is 0.209. The van der Waals surface area contributed by atoms with Crippen molar-refractivity contribution >= 4 is 6.21 Å². The van der Waals surface area contributed by atoms with Crippen LogP contribution < -0.4 is 4.74 Å². The Hall–Kier alpha value is -2.36. The van der Waals surface area contributed by atoms with E-state index in [1.807, 2.05) is 38.4 Å². The Labute approximate surface area is 118 Å². The van der Waals surface area contributed by atoms with Gasteiger partial charge in [0, 0.05) is 19.7 Å². The number of ether oxygens (including phenoxy) is 1. The van der Waals surface area contributed by atoms with E-state index in [9.17, 15) is 4.39 Å². The molecule has 3 nitrogen and oxygen atoms in total. The van der Waals surface area contributed by atoms with Gasteiger partial charge in [0.15, 0.2) is 0 Å². The van der Waals surface area contributed by atoms with Gasteiger partial charge in [0.2, 0.25) is 0 Å². The molecule has 104 valence electrons. The SMILES string of the molecule is CN(C)/N=C/c1cccc(OCc2ccccc2F)c1. The molecule has 2 rings (SSSR count). The average molecular weight is 272 g/mol. The number of benzene rings is 2. The van der Waals surface area contributed by atoms with Gasteiger partial charge in [-0.15, -0.1) is 0 Å². The first-order valence-electron chi connectivity index (χ1n) is 6.33. The van der Waals surface area contributed by atoms with Crippen LogP contribution in [0, 0.1) is 5.82 Å². The fourth-order valence-corrected chi connectivity index (χ4v) is 1.64. The van der Waals surface area contributed by atoms with Crippen molar-refractivity contribution in [1.29, 1.82) is 0 Å². The van der Waals surface area contributed by atoms with Gasteiger partial charge in [-0.2, -0.15) is 5.10 Å². The van der Waals surface area contributed by atoms with E-state index in [0.717, 1.165) is 5.56 Å². The molecule has 0 bridgehead atoms. The predicted molar refractivity (Wildman–Crippen MR) is 78.5 cm³/mol. The summed E-state index contributed by atoms with van der Waals surface area (Å²) in [6.07, 6.45) is 1.75. The molecule has 0 saturated heterocycles. The average Bonchev–Trinajstić information content (AvgIpc) is 2.45. The molecule has 0 heterocycles. The Morgan fingerprint density at radius 2 is 1.95 bits per heavy atom. The van der Waals surface area contributed by atoms with Gasteiger partial charge in [-0.1, -0.05) is 30.3 Å². The number of hydrogen-bond donors (Lipinski definition) is 0. The minimum Gasteiger partial charge on any atom is -0.489 e. The van der Waals surface area contributed by atoms with E-state index in [2.05, 4.69) is 5.10 Å². The van der Waals surface area contributed by atoms with Gasteiger partial charge < -0.3 is 9.75 Å². The van der Waals surface area contributed by atoms with Gasteiger partial charge in [0.1, 0.15) is 18.2 Å². The third-order valence-corrected chi connectivity index (χ3v) is 2.65. The predicted octanol–water partition coefficient (Wildman–Crippen LogP) is 3.30. The summed E-state index contributed by atoms with van der Waals surface area (Å²) in [5.74, 6) is 0.439. The fourth-order valence-electron chi connectivity index (χ4n) is 1.64. The van der Waals surface area contributed by atoms with Crippen molar-refractivity contribution in [3.8, 4) is 5.75 Å². The molecule has 0 amide bonds. The van der Waals surface area contributed by atoms with Crippen molar-refractivity contribution in [1.82, 2.24) is 5.01 Å². The number of rotatable bonds is 5. The molecule has 2 aromatic carbocycles. The maximum absolute atomic E-state index is 13.5. The Bertz CT molecular complexity index is 597. The van der Waals surface area contributed by atoms with Gasteiger partial charge >= 0.3 is 0 Å². The van der Waals surface area contributed by atoms with E-state index in [0.29, 0.717) is 11.3 Å².